The summed E-state index contributed by atoms with van der Waals surface area (Å²) in [4.78, 5) is 14.9. The summed E-state index contributed by atoms with van der Waals surface area (Å²) in [6.45, 7) is 0.711. The molecule has 94 valence electrons. The van der Waals surface area contributed by atoms with E-state index >= 15 is 0 Å². The van der Waals surface area contributed by atoms with Gasteiger partial charge in [0.05, 0.1) is 5.52 Å². The van der Waals surface area contributed by atoms with Crippen LogP contribution in [0.4, 0.5) is 5.69 Å². The Morgan fingerprint density at radius 3 is 2.84 bits per heavy atom. The van der Waals surface area contributed by atoms with E-state index in [4.69, 9.17) is 0 Å². The van der Waals surface area contributed by atoms with Crippen molar-refractivity contribution in [3.63, 3.8) is 0 Å². The lowest BCUT2D eigenvalue weighted by molar-refractivity contribution is 0.112. The van der Waals surface area contributed by atoms with Crippen molar-refractivity contribution in [2.24, 2.45) is 0 Å². The molecule has 2 heterocycles. The van der Waals surface area contributed by atoms with Crippen LogP contribution in [-0.4, -0.2) is 21.5 Å². The number of benzene rings is 1. The van der Waals surface area contributed by atoms with E-state index in [-0.39, 0.29) is 0 Å². The highest BCUT2D eigenvalue weighted by Crippen LogP contribution is 2.20. The first-order chi connectivity index (χ1) is 9.36. The van der Waals surface area contributed by atoms with Crippen molar-refractivity contribution < 1.29 is 4.79 Å². The number of aromatic nitrogens is 3. The van der Waals surface area contributed by atoms with E-state index in [0.29, 0.717) is 12.2 Å². The Bertz CT molecular complexity index is 706. The third-order valence-corrected chi connectivity index (χ3v) is 2.95. The number of carbonyl (C=O) groups excluding carboxylic acids is 1. The number of carbonyl (C=O) groups is 1. The van der Waals surface area contributed by atoms with Crippen LogP contribution in [0.3, 0.4) is 0 Å². The van der Waals surface area contributed by atoms with Gasteiger partial charge in [0.25, 0.3) is 0 Å². The Morgan fingerprint density at radius 1 is 1.21 bits per heavy atom. The monoisotopic (exact) mass is 252 g/mol. The maximum absolute atomic E-state index is 10.9. The molecule has 1 aromatic carbocycles. The molecule has 5 heteroatoms. The first-order valence-electron chi connectivity index (χ1n) is 5.93. The zero-order valence-electron chi connectivity index (χ0n) is 10.1. The van der Waals surface area contributed by atoms with Crippen LogP contribution in [0, 0.1) is 0 Å². The van der Waals surface area contributed by atoms with E-state index in [2.05, 4.69) is 20.5 Å². The van der Waals surface area contributed by atoms with Gasteiger partial charge in [-0.25, -0.2) is 0 Å². The number of hydrogen-bond acceptors (Lipinski definition) is 4. The molecule has 0 atom stereocenters. The molecule has 2 N–H and O–H groups in total. The molecule has 0 saturated heterocycles. The molecule has 0 amide bonds. The molecule has 0 unspecified atom stereocenters. The van der Waals surface area contributed by atoms with Crippen LogP contribution < -0.4 is 5.32 Å². The Morgan fingerprint density at radius 2 is 2.05 bits per heavy atom. The number of hydrogen-bond donors (Lipinski definition) is 2. The molecule has 0 bridgehead atoms. The van der Waals surface area contributed by atoms with Crippen molar-refractivity contribution in [3.8, 4) is 0 Å². The SMILES string of the molecule is O=Cc1[nH]nc2ccc(NCc3ccncc3)cc12. The van der Waals surface area contributed by atoms with Crippen molar-refractivity contribution >= 4 is 22.9 Å². The minimum Gasteiger partial charge on any atom is -0.381 e. The molecule has 0 fully saturated rings. The summed E-state index contributed by atoms with van der Waals surface area (Å²) in [5.74, 6) is 0. The van der Waals surface area contributed by atoms with Gasteiger partial charge in [-0.3, -0.25) is 14.9 Å². The largest absolute Gasteiger partial charge is 0.381 e. The molecule has 0 radical (unpaired) electrons. The highest BCUT2D eigenvalue weighted by molar-refractivity contribution is 5.96. The Hall–Kier alpha value is -2.69. The number of aromatic amines is 1. The fourth-order valence-corrected chi connectivity index (χ4v) is 1.93. The lowest BCUT2D eigenvalue weighted by Gasteiger charge is -2.06. The van der Waals surface area contributed by atoms with E-state index in [1.54, 1.807) is 12.4 Å². The maximum atomic E-state index is 10.9. The predicted octanol–water partition coefficient (Wildman–Crippen LogP) is 2.38. The number of rotatable bonds is 4. The van der Waals surface area contributed by atoms with E-state index in [9.17, 15) is 4.79 Å². The molecular weight excluding hydrogens is 240 g/mol. The minimum atomic E-state index is 0.502. The highest BCUT2D eigenvalue weighted by Gasteiger charge is 2.04. The van der Waals surface area contributed by atoms with Gasteiger partial charge in [0.1, 0.15) is 5.69 Å². The van der Waals surface area contributed by atoms with Crippen molar-refractivity contribution in [1.82, 2.24) is 15.2 Å². The van der Waals surface area contributed by atoms with E-state index < -0.39 is 0 Å². The van der Waals surface area contributed by atoms with Crippen molar-refractivity contribution in [2.75, 3.05) is 5.32 Å². The normalized spacial score (nSPS) is 10.5. The van der Waals surface area contributed by atoms with Gasteiger partial charge in [0.2, 0.25) is 0 Å². The van der Waals surface area contributed by atoms with E-state index in [1.165, 1.54) is 0 Å². The van der Waals surface area contributed by atoms with Crippen LogP contribution in [0.25, 0.3) is 10.9 Å². The number of nitrogens with one attached hydrogen (secondary N) is 2. The maximum Gasteiger partial charge on any atom is 0.168 e. The van der Waals surface area contributed by atoms with Crippen molar-refractivity contribution in [2.45, 2.75) is 6.54 Å². The van der Waals surface area contributed by atoms with Gasteiger partial charge in [-0.1, -0.05) is 0 Å². The summed E-state index contributed by atoms with van der Waals surface area (Å²) in [7, 11) is 0. The van der Waals surface area contributed by atoms with E-state index in [1.807, 2.05) is 30.3 Å². The number of fused-ring (bicyclic) bond motifs is 1. The van der Waals surface area contributed by atoms with E-state index in [0.717, 1.165) is 28.4 Å². The molecule has 0 aliphatic rings. The van der Waals surface area contributed by atoms with Gasteiger partial charge in [-0.05, 0) is 35.9 Å². The average molecular weight is 252 g/mol. The number of anilines is 1. The molecule has 0 aliphatic carbocycles. The highest BCUT2D eigenvalue weighted by atomic mass is 16.1. The van der Waals surface area contributed by atoms with Crippen LogP contribution in [0.1, 0.15) is 16.1 Å². The quantitative estimate of drug-likeness (QED) is 0.699. The summed E-state index contributed by atoms with van der Waals surface area (Å²) in [5, 5.41) is 10.9. The van der Waals surface area contributed by atoms with Gasteiger partial charge in [-0.2, -0.15) is 5.10 Å². The number of aldehydes is 1. The Kier molecular flexibility index (Phi) is 2.94. The summed E-state index contributed by atoms with van der Waals surface area (Å²) in [6.07, 6.45) is 4.31. The first-order valence-corrected chi connectivity index (χ1v) is 5.93. The minimum absolute atomic E-state index is 0.502. The molecule has 0 aliphatic heterocycles. The third-order valence-electron chi connectivity index (χ3n) is 2.95. The third kappa shape index (κ3) is 2.30. The van der Waals surface area contributed by atoms with Crippen LogP contribution >= 0.6 is 0 Å². The Labute approximate surface area is 109 Å². The molecule has 19 heavy (non-hydrogen) atoms. The van der Waals surface area contributed by atoms with Crippen LogP contribution in [0.15, 0.2) is 42.7 Å². The van der Waals surface area contributed by atoms with Crippen molar-refractivity contribution in [1.29, 1.82) is 0 Å². The second kappa shape index (κ2) is 4.89. The predicted molar refractivity (Wildman–Crippen MR) is 73.0 cm³/mol. The fraction of sp³-hybridized carbons (Fsp3) is 0.0714. The summed E-state index contributed by atoms with van der Waals surface area (Å²) < 4.78 is 0. The zero-order valence-corrected chi connectivity index (χ0v) is 10.1. The van der Waals surface area contributed by atoms with Gasteiger partial charge in [0, 0.05) is 30.0 Å². The zero-order chi connectivity index (χ0) is 13.1. The number of nitrogens with zero attached hydrogens (tertiary/aromatic N) is 2. The Balaban J connectivity index is 1.83. The number of pyridine rings is 1. The van der Waals surface area contributed by atoms with Gasteiger partial charge >= 0.3 is 0 Å². The molecule has 0 saturated carbocycles. The first kappa shape index (κ1) is 11.4. The molecule has 5 nitrogen and oxygen atoms in total. The molecule has 3 aromatic rings. The number of H-pyrrole nitrogens is 1. The van der Waals surface area contributed by atoms with Crippen LogP contribution in [0.5, 0.6) is 0 Å². The lowest BCUT2D eigenvalue weighted by atomic mass is 10.2. The van der Waals surface area contributed by atoms with Crippen LogP contribution in [0.2, 0.25) is 0 Å². The smallest absolute Gasteiger partial charge is 0.168 e. The second-order valence-electron chi connectivity index (χ2n) is 4.20. The molecule has 0 spiro atoms. The van der Waals surface area contributed by atoms with Gasteiger partial charge in [-0.15, -0.1) is 0 Å². The standard InChI is InChI=1S/C14H12N4O/c19-9-14-12-7-11(1-2-13(12)17-18-14)16-8-10-3-5-15-6-4-10/h1-7,9,16H,8H2,(H,17,18). The molecule has 2 aromatic heterocycles. The summed E-state index contributed by atoms with van der Waals surface area (Å²) >= 11 is 0. The molecule has 3 rings (SSSR count). The second-order valence-corrected chi connectivity index (χ2v) is 4.20. The van der Waals surface area contributed by atoms with Crippen LogP contribution in [-0.2, 0) is 6.54 Å². The molecular formula is C14H12N4O. The average Bonchev–Trinajstić information content (AvgIpc) is 2.88. The van der Waals surface area contributed by atoms with Gasteiger partial charge < -0.3 is 5.32 Å². The lowest BCUT2D eigenvalue weighted by Crippen LogP contribution is -1.99. The van der Waals surface area contributed by atoms with Crippen molar-refractivity contribution in [3.05, 3.63) is 54.0 Å². The summed E-state index contributed by atoms with van der Waals surface area (Å²) in [5.41, 5.74) is 3.39. The fourth-order valence-electron chi connectivity index (χ4n) is 1.93. The summed E-state index contributed by atoms with van der Waals surface area (Å²) in [6, 6.07) is 9.66. The van der Waals surface area contributed by atoms with Gasteiger partial charge in [0.15, 0.2) is 6.29 Å². The topological polar surface area (TPSA) is 70.7 Å².